The van der Waals surface area contributed by atoms with Gasteiger partial charge in [-0.05, 0) is 0 Å². The van der Waals surface area contributed by atoms with Crippen LogP contribution in [0.4, 0.5) is 0 Å². The molecule has 92 valence electrons. The molecule has 1 saturated heterocycles. The first kappa shape index (κ1) is 11.8. The second-order valence-electron chi connectivity index (χ2n) is 3.75. The fourth-order valence-corrected chi connectivity index (χ4v) is 1.71. The quantitative estimate of drug-likeness (QED) is 0.537. The molecule has 1 unspecified atom stereocenters. The molecular weight excluding hydrogens is 228 g/mol. The topological polar surface area (TPSA) is 105 Å². The van der Waals surface area contributed by atoms with E-state index < -0.39 is 29.7 Å². The third-order valence-electron chi connectivity index (χ3n) is 2.64. The van der Waals surface area contributed by atoms with Gasteiger partial charge in [-0.1, -0.05) is 6.58 Å². The number of aromatic nitrogens is 2. The molecule has 0 bridgehead atoms. The molecule has 3 N–H and O–H groups in total. The monoisotopic (exact) mass is 240 g/mol. The van der Waals surface area contributed by atoms with Crippen molar-refractivity contribution >= 4 is 0 Å². The first-order chi connectivity index (χ1) is 8.04. The summed E-state index contributed by atoms with van der Waals surface area (Å²) in [4.78, 5) is 24.5. The minimum absolute atomic E-state index is 0.262. The fourth-order valence-electron chi connectivity index (χ4n) is 1.71. The summed E-state index contributed by atoms with van der Waals surface area (Å²) in [5.74, 6) is 0. The van der Waals surface area contributed by atoms with Gasteiger partial charge in [0.05, 0.1) is 6.61 Å². The Labute approximate surface area is 95.6 Å². The van der Waals surface area contributed by atoms with E-state index in [1.165, 1.54) is 6.20 Å². The highest BCUT2D eigenvalue weighted by Crippen LogP contribution is 2.31. The van der Waals surface area contributed by atoms with Gasteiger partial charge < -0.3 is 14.9 Å². The Morgan fingerprint density at radius 2 is 2.24 bits per heavy atom. The molecule has 7 nitrogen and oxygen atoms in total. The minimum Gasteiger partial charge on any atom is -0.394 e. The number of aliphatic hydroxyl groups is 2. The highest BCUT2D eigenvalue weighted by Gasteiger charge is 2.38. The summed E-state index contributed by atoms with van der Waals surface area (Å²) in [5.41, 5.74) is -0.915. The van der Waals surface area contributed by atoms with Gasteiger partial charge in [0.25, 0.3) is 5.56 Å². The lowest BCUT2D eigenvalue weighted by Gasteiger charge is -2.14. The number of rotatable bonds is 2. The number of hydrogen-bond acceptors (Lipinski definition) is 5. The SMILES string of the molecule is C=C1[C@H](n2ccc(=O)[nH]c2=O)OC(CO)[C@H]1O. The molecule has 0 radical (unpaired) electrons. The van der Waals surface area contributed by atoms with Crippen molar-refractivity contribution in [1.82, 2.24) is 9.55 Å². The smallest absolute Gasteiger partial charge is 0.330 e. The largest absolute Gasteiger partial charge is 0.394 e. The van der Waals surface area contributed by atoms with Gasteiger partial charge >= 0.3 is 5.69 Å². The van der Waals surface area contributed by atoms with Crippen LogP contribution in [0.15, 0.2) is 34.0 Å². The highest BCUT2D eigenvalue weighted by atomic mass is 16.5. The van der Waals surface area contributed by atoms with Gasteiger partial charge in [-0.3, -0.25) is 14.3 Å². The molecular formula is C10H12N2O5. The molecule has 3 atom stereocenters. The van der Waals surface area contributed by atoms with Crippen LogP contribution in [-0.4, -0.2) is 38.6 Å². The van der Waals surface area contributed by atoms with E-state index in [-0.39, 0.29) is 12.2 Å². The second kappa shape index (κ2) is 4.28. The van der Waals surface area contributed by atoms with E-state index in [2.05, 4.69) is 11.6 Å². The zero-order chi connectivity index (χ0) is 12.6. The summed E-state index contributed by atoms with van der Waals surface area (Å²) in [6.45, 7) is 3.24. The third-order valence-corrected chi connectivity index (χ3v) is 2.64. The number of aliphatic hydroxyl groups excluding tert-OH is 2. The van der Waals surface area contributed by atoms with E-state index in [9.17, 15) is 14.7 Å². The third kappa shape index (κ3) is 1.95. The van der Waals surface area contributed by atoms with Gasteiger partial charge in [-0.15, -0.1) is 0 Å². The van der Waals surface area contributed by atoms with Crippen LogP contribution in [0, 0.1) is 0 Å². The Hall–Kier alpha value is -1.70. The first-order valence-electron chi connectivity index (χ1n) is 4.99. The molecule has 7 heteroatoms. The standard InChI is InChI=1S/C10H12N2O5/c1-5-8(15)6(4-13)17-9(5)12-3-2-7(14)11-10(12)16/h2-3,6,8-9,13,15H,1,4H2,(H,11,14,16)/t6?,8-,9+/m0/s1. The Kier molecular flexibility index (Phi) is 2.97. The fraction of sp³-hybridized carbons (Fsp3) is 0.400. The molecule has 0 aliphatic carbocycles. The van der Waals surface area contributed by atoms with E-state index in [0.717, 1.165) is 10.6 Å². The Morgan fingerprint density at radius 1 is 1.53 bits per heavy atom. The van der Waals surface area contributed by atoms with Crippen LogP contribution >= 0.6 is 0 Å². The van der Waals surface area contributed by atoms with Crippen molar-refractivity contribution in [2.75, 3.05) is 6.61 Å². The van der Waals surface area contributed by atoms with Gasteiger partial charge in [-0.25, -0.2) is 4.79 Å². The molecule has 1 aliphatic heterocycles. The van der Waals surface area contributed by atoms with E-state index >= 15 is 0 Å². The van der Waals surface area contributed by atoms with Crippen molar-refractivity contribution in [1.29, 1.82) is 0 Å². The number of ether oxygens (including phenoxy) is 1. The Bertz CT molecular complexity index is 546. The molecule has 0 aromatic carbocycles. The summed E-state index contributed by atoms with van der Waals surface area (Å²) >= 11 is 0. The van der Waals surface area contributed by atoms with Crippen LogP contribution in [-0.2, 0) is 4.74 Å². The van der Waals surface area contributed by atoms with Crippen molar-refractivity contribution in [3.8, 4) is 0 Å². The predicted octanol–water partition coefficient (Wildman–Crippen LogP) is -1.66. The second-order valence-corrected chi connectivity index (χ2v) is 3.75. The molecule has 1 aliphatic rings. The van der Waals surface area contributed by atoms with Crippen LogP contribution in [0.1, 0.15) is 6.23 Å². The summed E-state index contributed by atoms with van der Waals surface area (Å²) in [6.07, 6.45) is -1.48. The van der Waals surface area contributed by atoms with Gasteiger partial charge in [0.15, 0.2) is 6.23 Å². The van der Waals surface area contributed by atoms with Gasteiger partial charge in [0, 0.05) is 17.8 Å². The Morgan fingerprint density at radius 3 is 2.76 bits per heavy atom. The van der Waals surface area contributed by atoms with E-state index in [0.29, 0.717) is 0 Å². The zero-order valence-corrected chi connectivity index (χ0v) is 8.87. The number of H-pyrrole nitrogens is 1. The highest BCUT2D eigenvalue weighted by molar-refractivity contribution is 5.14. The molecule has 17 heavy (non-hydrogen) atoms. The van der Waals surface area contributed by atoms with Crippen LogP contribution in [0.3, 0.4) is 0 Å². The van der Waals surface area contributed by atoms with Crippen molar-refractivity contribution < 1.29 is 14.9 Å². The predicted molar refractivity (Wildman–Crippen MR) is 57.5 cm³/mol. The van der Waals surface area contributed by atoms with Crippen molar-refractivity contribution in [3.63, 3.8) is 0 Å². The van der Waals surface area contributed by atoms with Gasteiger partial charge in [-0.2, -0.15) is 0 Å². The van der Waals surface area contributed by atoms with Gasteiger partial charge in [0.1, 0.15) is 12.2 Å². The molecule has 1 aromatic heterocycles. The molecule has 2 heterocycles. The van der Waals surface area contributed by atoms with Crippen molar-refractivity contribution in [2.45, 2.75) is 18.4 Å². The number of hydrogen-bond donors (Lipinski definition) is 3. The maximum Gasteiger partial charge on any atom is 0.330 e. The molecule has 0 amide bonds. The summed E-state index contributed by atoms with van der Waals surface area (Å²) < 4.78 is 6.38. The maximum absolute atomic E-state index is 11.5. The average molecular weight is 240 g/mol. The number of aromatic amines is 1. The Balaban J connectivity index is 2.39. The average Bonchev–Trinajstić information content (AvgIpc) is 2.57. The van der Waals surface area contributed by atoms with Gasteiger partial charge in [0.2, 0.25) is 0 Å². The van der Waals surface area contributed by atoms with E-state index in [1.807, 2.05) is 0 Å². The molecule has 0 saturated carbocycles. The lowest BCUT2D eigenvalue weighted by Crippen LogP contribution is -2.32. The molecule has 1 fully saturated rings. The lowest BCUT2D eigenvalue weighted by atomic mass is 10.1. The van der Waals surface area contributed by atoms with E-state index in [1.54, 1.807) is 0 Å². The van der Waals surface area contributed by atoms with E-state index in [4.69, 9.17) is 9.84 Å². The molecule has 0 spiro atoms. The summed E-state index contributed by atoms with van der Waals surface area (Å²) in [5, 5.41) is 18.6. The maximum atomic E-state index is 11.5. The minimum atomic E-state index is -1.04. The normalized spacial score (nSPS) is 28.6. The molecule has 1 aromatic rings. The van der Waals surface area contributed by atoms with Crippen LogP contribution in [0.5, 0.6) is 0 Å². The van der Waals surface area contributed by atoms with Crippen LogP contribution in [0.25, 0.3) is 0 Å². The van der Waals surface area contributed by atoms with Crippen molar-refractivity contribution in [3.05, 3.63) is 45.3 Å². The first-order valence-corrected chi connectivity index (χ1v) is 4.99. The number of nitrogens with one attached hydrogen (secondary N) is 1. The lowest BCUT2D eigenvalue weighted by molar-refractivity contribution is -0.0447. The van der Waals surface area contributed by atoms with Crippen LogP contribution < -0.4 is 11.2 Å². The zero-order valence-electron chi connectivity index (χ0n) is 8.87. The van der Waals surface area contributed by atoms with Crippen LogP contribution in [0.2, 0.25) is 0 Å². The summed E-state index contributed by atoms with van der Waals surface area (Å²) in [6, 6.07) is 1.16. The summed E-state index contributed by atoms with van der Waals surface area (Å²) in [7, 11) is 0. The number of nitrogens with zero attached hydrogens (tertiary/aromatic N) is 1. The van der Waals surface area contributed by atoms with Crippen molar-refractivity contribution in [2.24, 2.45) is 0 Å². The molecule has 2 rings (SSSR count).